The third-order valence-electron chi connectivity index (χ3n) is 4.87. The van der Waals surface area contributed by atoms with Gasteiger partial charge < -0.3 is 24.9 Å². The number of hydrogen-bond acceptors (Lipinski definition) is 6. The zero-order valence-corrected chi connectivity index (χ0v) is 18.0. The van der Waals surface area contributed by atoms with Crippen LogP contribution >= 0.6 is 0 Å². The molecule has 0 fully saturated rings. The molecule has 0 aliphatic heterocycles. The fraction of sp³-hybridized carbons (Fsp3) is 0.280. The number of aromatic amines is 1. The highest BCUT2D eigenvalue weighted by atomic mass is 16.6. The summed E-state index contributed by atoms with van der Waals surface area (Å²) >= 11 is 0. The van der Waals surface area contributed by atoms with Crippen LogP contribution in [0.3, 0.4) is 0 Å². The Morgan fingerprint density at radius 1 is 1.09 bits per heavy atom. The molecule has 2 aromatic carbocycles. The molecule has 0 radical (unpaired) electrons. The van der Waals surface area contributed by atoms with Gasteiger partial charge in [-0.2, -0.15) is 5.26 Å². The molecule has 0 saturated heterocycles. The maximum absolute atomic E-state index is 11.7. The average molecular weight is 434 g/mol. The van der Waals surface area contributed by atoms with Crippen LogP contribution in [0.2, 0.25) is 0 Å². The fourth-order valence-corrected chi connectivity index (χ4v) is 3.19. The van der Waals surface area contributed by atoms with Crippen LogP contribution in [0.5, 0.6) is 11.5 Å². The number of aliphatic hydroxyl groups is 1. The van der Waals surface area contributed by atoms with Crippen molar-refractivity contribution in [2.75, 3.05) is 19.7 Å². The van der Waals surface area contributed by atoms with Crippen LogP contribution in [-0.2, 0) is 0 Å². The number of pyridine rings is 1. The van der Waals surface area contributed by atoms with Gasteiger partial charge >= 0.3 is 0 Å². The fourth-order valence-electron chi connectivity index (χ4n) is 3.19. The van der Waals surface area contributed by atoms with E-state index >= 15 is 0 Å². The average Bonchev–Trinajstić information content (AvgIpc) is 2.80. The highest BCUT2D eigenvalue weighted by Gasteiger charge is 2.08. The van der Waals surface area contributed by atoms with Gasteiger partial charge in [0.25, 0.3) is 5.56 Å². The molecule has 0 saturated carbocycles. The van der Waals surface area contributed by atoms with Gasteiger partial charge in [-0.15, -0.1) is 0 Å². The Balaban J connectivity index is 1.36. The van der Waals surface area contributed by atoms with Gasteiger partial charge in [-0.05, 0) is 55.8 Å². The predicted molar refractivity (Wildman–Crippen MR) is 123 cm³/mol. The summed E-state index contributed by atoms with van der Waals surface area (Å²) in [6.45, 7) is 3.78. The summed E-state index contributed by atoms with van der Waals surface area (Å²) in [5.41, 5.74) is 2.15. The number of nitrogens with zero attached hydrogens (tertiary/aromatic N) is 1. The molecule has 1 heterocycles. The van der Waals surface area contributed by atoms with Crippen molar-refractivity contribution in [2.24, 2.45) is 0 Å². The minimum Gasteiger partial charge on any atom is -0.494 e. The van der Waals surface area contributed by atoms with Gasteiger partial charge in [-0.3, -0.25) is 4.79 Å². The molecule has 3 rings (SSSR count). The Bertz CT molecular complexity index is 1090. The van der Waals surface area contributed by atoms with Gasteiger partial charge in [0.1, 0.15) is 23.1 Å². The summed E-state index contributed by atoms with van der Waals surface area (Å²) < 4.78 is 11.2. The summed E-state index contributed by atoms with van der Waals surface area (Å²) in [7, 11) is 0. The first-order valence-corrected chi connectivity index (χ1v) is 10.5. The van der Waals surface area contributed by atoms with E-state index in [9.17, 15) is 9.90 Å². The van der Waals surface area contributed by atoms with Crippen molar-refractivity contribution in [1.29, 1.82) is 5.26 Å². The Morgan fingerprint density at radius 2 is 1.84 bits per heavy atom. The molecule has 3 N–H and O–H groups in total. The number of ether oxygens (including phenoxy) is 2. The van der Waals surface area contributed by atoms with Crippen molar-refractivity contribution in [3.05, 3.63) is 82.3 Å². The van der Waals surface area contributed by atoms with Gasteiger partial charge in [0.15, 0.2) is 6.29 Å². The lowest BCUT2D eigenvalue weighted by Crippen LogP contribution is -2.25. The molecule has 166 valence electrons. The van der Waals surface area contributed by atoms with Crippen molar-refractivity contribution < 1.29 is 14.6 Å². The topological polar surface area (TPSA) is 107 Å². The van der Waals surface area contributed by atoms with Crippen molar-refractivity contribution in [2.45, 2.75) is 26.1 Å². The van der Waals surface area contributed by atoms with Crippen molar-refractivity contribution in [1.82, 2.24) is 10.3 Å². The van der Waals surface area contributed by atoms with Gasteiger partial charge in [-0.1, -0.05) is 30.3 Å². The Morgan fingerprint density at radius 3 is 2.56 bits per heavy atom. The molecule has 0 aliphatic carbocycles. The molecule has 7 heteroatoms. The van der Waals surface area contributed by atoms with E-state index in [0.29, 0.717) is 31.0 Å². The normalized spacial score (nSPS) is 11.5. The molecule has 1 aromatic heterocycles. The van der Waals surface area contributed by atoms with Crippen LogP contribution in [0.25, 0.3) is 11.1 Å². The summed E-state index contributed by atoms with van der Waals surface area (Å²) in [6, 6.07) is 20.3. The minimum absolute atomic E-state index is 0.0950. The Kier molecular flexibility index (Phi) is 8.44. The van der Waals surface area contributed by atoms with E-state index < -0.39 is 6.29 Å². The van der Waals surface area contributed by atoms with Crippen LogP contribution in [0.1, 0.15) is 24.1 Å². The Labute approximate surface area is 187 Å². The molecule has 1 atom stereocenters. The van der Waals surface area contributed by atoms with Crippen LogP contribution in [0.15, 0.2) is 65.5 Å². The SMILES string of the molecule is Cc1[nH]c(=O)c(C#N)cc1-c1ccc(OCCCNCCC(O)Oc2ccccc2)cc1. The molecule has 0 spiro atoms. The molecule has 0 bridgehead atoms. The van der Waals surface area contributed by atoms with E-state index in [1.807, 2.05) is 67.6 Å². The van der Waals surface area contributed by atoms with Crippen LogP contribution in [0, 0.1) is 18.3 Å². The molecule has 3 aromatic rings. The van der Waals surface area contributed by atoms with Gasteiger partial charge in [0.2, 0.25) is 0 Å². The molecule has 1 unspecified atom stereocenters. The lowest BCUT2D eigenvalue weighted by molar-refractivity contribution is -0.0223. The highest BCUT2D eigenvalue weighted by molar-refractivity contribution is 5.67. The summed E-state index contributed by atoms with van der Waals surface area (Å²) in [6.07, 6.45) is 0.478. The number of benzene rings is 2. The summed E-state index contributed by atoms with van der Waals surface area (Å²) in [5, 5.41) is 22.2. The number of aromatic nitrogens is 1. The summed E-state index contributed by atoms with van der Waals surface area (Å²) in [4.78, 5) is 14.4. The van der Waals surface area contributed by atoms with Crippen molar-refractivity contribution >= 4 is 0 Å². The van der Waals surface area contributed by atoms with Gasteiger partial charge in [-0.25, -0.2) is 0 Å². The van der Waals surface area contributed by atoms with E-state index in [2.05, 4.69) is 10.3 Å². The number of aliphatic hydroxyl groups excluding tert-OH is 1. The first-order valence-electron chi connectivity index (χ1n) is 10.5. The maximum Gasteiger partial charge on any atom is 0.266 e. The Hall–Kier alpha value is -3.60. The second-order valence-corrected chi connectivity index (χ2v) is 7.31. The van der Waals surface area contributed by atoms with Gasteiger partial charge in [0, 0.05) is 24.2 Å². The molecule has 7 nitrogen and oxygen atoms in total. The minimum atomic E-state index is -0.838. The second kappa shape index (κ2) is 11.7. The number of nitrogens with one attached hydrogen (secondary N) is 2. The third-order valence-corrected chi connectivity index (χ3v) is 4.87. The van der Waals surface area contributed by atoms with Crippen LogP contribution in [0.4, 0.5) is 0 Å². The zero-order chi connectivity index (χ0) is 22.8. The predicted octanol–water partition coefficient (Wildman–Crippen LogP) is 3.37. The lowest BCUT2D eigenvalue weighted by Gasteiger charge is -2.14. The standard InChI is InChI=1S/C25H27N3O4/c1-18-23(16-20(17-26)25(30)28-18)19-8-10-21(11-9-19)31-15-5-13-27-14-12-24(29)32-22-6-3-2-4-7-22/h2-4,6-11,16,24,27,29H,5,12-15H2,1H3,(H,28,30). The lowest BCUT2D eigenvalue weighted by atomic mass is 10.0. The number of aryl methyl sites for hydroxylation is 1. The molecular formula is C25H27N3O4. The number of H-pyrrole nitrogens is 1. The van der Waals surface area contributed by atoms with E-state index in [0.717, 1.165) is 29.8 Å². The third kappa shape index (κ3) is 6.71. The molecule has 0 aliphatic rings. The number of para-hydroxylation sites is 1. The maximum atomic E-state index is 11.7. The van der Waals surface area contributed by atoms with E-state index in [-0.39, 0.29) is 11.1 Å². The van der Waals surface area contributed by atoms with E-state index in [1.165, 1.54) is 0 Å². The smallest absolute Gasteiger partial charge is 0.266 e. The molecule has 32 heavy (non-hydrogen) atoms. The van der Waals surface area contributed by atoms with Crippen LogP contribution < -0.4 is 20.3 Å². The van der Waals surface area contributed by atoms with E-state index in [4.69, 9.17) is 14.7 Å². The summed E-state index contributed by atoms with van der Waals surface area (Å²) in [5.74, 6) is 1.41. The first-order chi connectivity index (χ1) is 15.6. The first kappa shape index (κ1) is 23.1. The zero-order valence-electron chi connectivity index (χ0n) is 18.0. The number of nitriles is 1. The monoisotopic (exact) mass is 433 g/mol. The quantitative estimate of drug-likeness (QED) is 0.316. The number of hydrogen-bond donors (Lipinski definition) is 3. The molecular weight excluding hydrogens is 406 g/mol. The second-order valence-electron chi connectivity index (χ2n) is 7.31. The number of rotatable bonds is 11. The van der Waals surface area contributed by atoms with Gasteiger partial charge in [0.05, 0.1) is 6.61 Å². The van der Waals surface area contributed by atoms with Crippen molar-refractivity contribution in [3.8, 4) is 28.7 Å². The largest absolute Gasteiger partial charge is 0.494 e. The highest BCUT2D eigenvalue weighted by Crippen LogP contribution is 2.24. The van der Waals surface area contributed by atoms with Crippen LogP contribution in [-0.4, -0.2) is 36.1 Å². The van der Waals surface area contributed by atoms with E-state index in [1.54, 1.807) is 6.07 Å². The van der Waals surface area contributed by atoms with Crippen molar-refractivity contribution in [3.63, 3.8) is 0 Å². The molecule has 0 amide bonds.